The van der Waals surface area contributed by atoms with E-state index in [9.17, 15) is 43.2 Å². The summed E-state index contributed by atoms with van der Waals surface area (Å²) in [6.45, 7) is 25.1. The van der Waals surface area contributed by atoms with E-state index in [4.69, 9.17) is 19.4 Å². The molecule has 0 saturated heterocycles. The number of rotatable bonds is 27. The maximum Gasteiger partial charge on any atom is 0.365 e. The molecule has 0 radical (unpaired) electrons. The van der Waals surface area contributed by atoms with E-state index in [2.05, 4.69) is 90.9 Å². The first-order valence-electron chi connectivity index (χ1n) is 48.0. The van der Waals surface area contributed by atoms with Crippen molar-refractivity contribution in [1.29, 1.82) is 0 Å². The van der Waals surface area contributed by atoms with Crippen molar-refractivity contribution in [2.45, 2.75) is 180 Å². The quantitative estimate of drug-likeness (QED) is 0.0201. The van der Waals surface area contributed by atoms with Crippen LogP contribution in [0.4, 0.5) is 0 Å². The van der Waals surface area contributed by atoms with E-state index < -0.39 is 23.9 Å². The normalized spacial score (nSPS) is 13.2. The zero-order valence-corrected chi connectivity index (χ0v) is 81.8. The number of hydrogen-bond donors (Lipinski definition) is 0. The van der Waals surface area contributed by atoms with Crippen molar-refractivity contribution in [3.63, 3.8) is 0 Å². The second kappa shape index (κ2) is 43.9. The van der Waals surface area contributed by atoms with Gasteiger partial charge in [-0.15, -0.1) is 11.3 Å². The van der Waals surface area contributed by atoms with Gasteiger partial charge in [0.15, 0.2) is 17.3 Å². The molecule has 2 aliphatic rings. The summed E-state index contributed by atoms with van der Waals surface area (Å²) in [7, 11) is 0. The number of fused-ring (bicyclic) bond motifs is 12. The molecule has 0 N–H and O–H groups in total. The number of aromatic nitrogens is 4. The molecule has 0 unspecified atom stereocenters. The average Bonchev–Trinajstić information content (AvgIpc) is 1.61. The Hall–Kier alpha value is -15.6. The molecule has 5 aromatic heterocycles. The summed E-state index contributed by atoms with van der Waals surface area (Å²) in [5.74, 6) is -1.08. The van der Waals surface area contributed by atoms with E-state index in [-0.39, 0.29) is 34.6 Å². The summed E-state index contributed by atoms with van der Waals surface area (Å²) < 4.78 is 8.93. The van der Waals surface area contributed by atoms with Crippen molar-refractivity contribution in [2.24, 2.45) is 32.5 Å². The number of hydrogen-bond acceptors (Lipinski definition) is 18. The molecule has 2 saturated carbocycles. The molecule has 5 heterocycles. The van der Waals surface area contributed by atoms with Crippen molar-refractivity contribution in [3.8, 4) is 0 Å². The van der Waals surface area contributed by atoms with Gasteiger partial charge in [-0.05, 0) is 272 Å². The zero-order valence-electron chi connectivity index (χ0n) is 81.0. The maximum absolute atomic E-state index is 14.0. The third-order valence-corrected chi connectivity index (χ3v) is 27.6. The van der Waals surface area contributed by atoms with Gasteiger partial charge < -0.3 is 37.6 Å². The van der Waals surface area contributed by atoms with Crippen molar-refractivity contribution in [1.82, 2.24) is 18.3 Å². The molecule has 708 valence electrons. The molecule has 140 heavy (non-hydrogen) atoms. The van der Waals surface area contributed by atoms with Crippen LogP contribution >= 0.6 is 11.3 Å². The highest BCUT2D eigenvalue weighted by molar-refractivity contribution is 7.12. The zero-order chi connectivity index (χ0) is 98.5. The fraction of sp³-hybridized carbons (Fsp3) is 0.246. The highest BCUT2D eigenvalue weighted by Gasteiger charge is 2.28. The van der Waals surface area contributed by atoms with Crippen LogP contribution in [0.5, 0.6) is 0 Å². The molecule has 2 fully saturated rings. The van der Waals surface area contributed by atoms with Crippen LogP contribution in [0.25, 0.3) is 87.2 Å². The fourth-order valence-electron chi connectivity index (χ4n) is 19.5. The number of thiophene rings is 1. The Morgan fingerprint density at radius 2 is 0.629 bits per heavy atom. The van der Waals surface area contributed by atoms with E-state index in [1.54, 1.807) is 38.1 Å². The van der Waals surface area contributed by atoms with Gasteiger partial charge >= 0.3 is 23.9 Å². The van der Waals surface area contributed by atoms with E-state index in [0.29, 0.717) is 74.2 Å². The van der Waals surface area contributed by atoms with Crippen LogP contribution in [0.2, 0.25) is 0 Å². The minimum atomic E-state index is -0.593. The van der Waals surface area contributed by atoms with Gasteiger partial charge in [0.25, 0.3) is 0 Å². The van der Waals surface area contributed by atoms with Gasteiger partial charge in [0.1, 0.15) is 5.71 Å². The number of nitrogens with zero attached hydrogens (tertiary/aromatic N) is 8. The number of aryl methyl sites for hydroxylation is 7. The molecule has 21 nitrogen and oxygen atoms in total. The number of carbonyl (C=O) groups excluding carboxylic acids is 9. The summed E-state index contributed by atoms with van der Waals surface area (Å²) >= 11 is 1.45. The van der Waals surface area contributed by atoms with Crippen LogP contribution in [0.1, 0.15) is 250 Å². The van der Waals surface area contributed by atoms with Gasteiger partial charge in [-0.2, -0.15) is 0 Å². The molecule has 0 atom stereocenters. The molecule has 0 spiro atoms. The Balaban J connectivity index is 0.000000136. The monoisotopic (exact) mass is 1880 g/mol. The molecular weight excluding hydrogens is 1770 g/mol. The summed E-state index contributed by atoms with van der Waals surface area (Å²) in [6, 6.07) is 83.0. The smallest absolute Gasteiger partial charge is 0.341 e. The van der Waals surface area contributed by atoms with Gasteiger partial charge in [0.2, 0.25) is 11.6 Å². The van der Waals surface area contributed by atoms with Gasteiger partial charge in [-0.25, -0.2) is 19.2 Å². The van der Waals surface area contributed by atoms with Crippen LogP contribution in [0, 0.1) is 32.6 Å². The van der Waals surface area contributed by atoms with Crippen molar-refractivity contribution in [2.75, 3.05) is 0 Å². The lowest BCUT2D eigenvalue weighted by atomic mass is 9.94. The summed E-state index contributed by atoms with van der Waals surface area (Å²) in [5.41, 5.74) is 21.9. The van der Waals surface area contributed by atoms with Gasteiger partial charge in [0, 0.05) is 184 Å². The van der Waals surface area contributed by atoms with Crippen molar-refractivity contribution >= 4 is 174 Å². The Kier molecular flexibility index (Phi) is 30.5. The lowest BCUT2D eigenvalue weighted by Gasteiger charge is -2.11. The first-order chi connectivity index (χ1) is 67.8. The molecular formula is C118H112N8O13S. The van der Waals surface area contributed by atoms with Gasteiger partial charge in [0.05, 0.1) is 27.6 Å². The Bertz CT molecular complexity index is 7840. The molecule has 0 bridgehead atoms. The van der Waals surface area contributed by atoms with Crippen molar-refractivity contribution < 1.29 is 62.5 Å². The van der Waals surface area contributed by atoms with Crippen LogP contribution in [-0.4, -0.2) is 93.9 Å². The summed E-state index contributed by atoms with van der Waals surface area (Å²) in [5, 5.41) is 26.2. The Morgan fingerprint density at radius 1 is 0.314 bits per heavy atom. The van der Waals surface area contributed by atoms with Crippen LogP contribution in [0.3, 0.4) is 0 Å². The van der Waals surface area contributed by atoms with Crippen molar-refractivity contribution in [3.05, 3.63) is 355 Å². The predicted octanol–water partition coefficient (Wildman–Crippen LogP) is 27.0. The second-order valence-corrected chi connectivity index (χ2v) is 36.8. The third-order valence-electron chi connectivity index (χ3n) is 26.8. The number of ketones is 5. The first kappa shape index (κ1) is 97.5. The first-order valence-corrected chi connectivity index (χ1v) is 48.9. The Morgan fingerprint density at radius 3 is 0.986 bits per heavy atom. The minimum Gasteiger partial charge on any atom is -0.341 e. The SMILES string of the molecule is CCn1c2ccc(C(=O)/C(CC3CCCC3)=N\OC(=O)c3ccccc3)cc2c2cc(C(=O)c3ccccc3C)ccc21.CCn1c2ccc(C(=O)c3ccccc3C)cc2c2cc(/C(C)=N\OC(C)=O)ccc21.CCn1c2ccc(C(=O)c3ccccc3C)cc2c2cc(/C(CCC3CCCC3)=N\OC(C)=O)ccc21.CCn1c2ccc(C(=O)c3cccs3)cc2c2cc(/C(C)=N/OC(C)=O)ccc21. The fourth-order valence-corrected chi connectivity index (χ4v) is 20.2. The lowest BCUT2D eigenvalue weighted by Crippen LogP contribution is -2.19. The number of oxime groups is 4. The molecule has 2 aliphatic carbocycles. The van der Waals surface area contributed by atoms with Crippen LogP contribution < -0.4 is 0 Å². The third kappa shape index (κ3) is 21.3. The van der Waals surface area contributed by atoms with E-state index >= 15 is 0 Å². The van der Waals surface area contributed by atoms with E-state index in [0.717, 1.165) is 201 Å². The number of Topliss-reactive ketones (excluding diaryl/α,β-unsaturated/α-hetero) is 1. The maximum atomic E-state index is 14.0. The largest absolute Gasteiger partial charge is 0.365 e. The average molecular weight is 1880 g/mol. The standard InChI is InChI=1S/C37H34N2O4.C32H34N2O3.C26H24N2O3.C23H20N2O3S/c1-3-39-33-19-17-27(35(40)29-16-10-7-11-24(29)2)22-30(33)31-23-28(18-20-34(31)39)36(41)32(21-25-12-8-9-13-25)38-43-37(42)26-14-5-4-6-15-26;1-4-34-30-17-14-24(29(33-37-22(3)35)16-13-23-10-6-7-11-23)19-27(30)28-20-25(15-18-31(28)34)32(36)26-12-8-5-9-21(26)2;1-5-28-24-12-10-19(17(3)27-31-18(4)29)14-22(24)23-15-20(11-13-25(23)28)26(30)21-9-7-6-8-16(21)2;1-4-25-20-9-7-16(14(2)24-28-15(3)26)12-18(20)19-13-17(8-10-21(19)25)23(27)22-6-5-11-29-22/h4-7,10-11,14-20,22-23,25H,3,8-9,12-13,21H2,1-2H3;5,8-9,12,14-15,17-20,23H,4,6-7,10-11,13,16H2,1-3H3;6-15H,5H2,1-4H3;5-13H,4H2,1-3H3/b38-32-;33-29-;27-17-;24-14+. The number of benzene rings is 12. The number of carbonyl (C=O) groups is 9. The molecule has 0 aliphatic heterocycles. The lowest BCUT2D eigenvalue weighted by molar-refractivity contribution is -0.141. The molecule has 19 rings (SSSR count). The van der Waals surface area contributed by atoms with Crippen LogP contribution in [0.15, 0.2) is 287 Å². The van der Waals surface area contributed by atoms with Gasteiger partial charge in [-0.1, -0.05) is 187 Å². The highest BCUT2D eigenvalue weighted by atomic mass is 32.1. The molecule has 0 amide bonds. The predicted molar refractivity (Wildman–Crippen MR) is 560 cm³/mol. The van der Waals surface area contributed by atoms with E-state index in [1.807, 2.05) is 238 Å². The van der Waals surface area contributed by atoms with E-state index in [1.165, 1.54) is 57.8 Å². The summed E-state index contributed by atoms with van der Waals surface area (Å²) in [6.07, 6.45) is 11.7. The topological polar surface area (TPSA) is 260 Å². The minimum absolute atomic E-state index is 0.0150. The second-order valence-electron chi connectivity index (χ2n) is 35.9. The molecule has 12 aromatic carbocycles. The molecule has 17 aromatic rings. The Labute approximate surface area is 816 Å². The van der Waals surface area contributed by atoms with Crippen LogP contribution in [-0.2, 0) is 59.9 Å². The summed E-state index contributed by atoms with van der Waals surface area (Å²) in [4.78, 5) is 134. The molecule has 22 heteroatoms. The highest BCUT2D eigenvalue weighted by Crippen LogP contribution is 2.40. The van der Waals surface area contributed by atoms with Gasteiger partial charge in [-0.3, -0.25) is 24.0 Å².